The van der Waals surface area contributed by atoms with Crippen LogP contribution in [-0.4, -0.2) is 5.78 Å². The maximum Gasteiger partial charge on any atom is 0.140 e. The van der Waals surface area contributed by atoms with Crippen molar-refractivity contribution in [2.45, 2.75) is 26.7 Å². The van der Waals surface area contributed by atoms with Crippen LogP contribution in [0.4, 0.5) is 4.39 Å². The molecule has 0 heterocycles. The first-order chi connectivity index (χ1) is 7.40. The first kappa shape index (κ1) is 11.8. The van der Waals surface area contributed by atoms with Crippen LogP contribution in [0.15, 0.2) is 22.7 Å². The molecule has 1 aliphatic carbocycles. The van der Waals surface area contributed by atoms with E-state index < -0.39 is 0 Å². The zero-order chi connectivity index (χ0) is 11.9. The van der Waals surface area contributed by atoms with Gasteiger partial charge in [0.25, 0.3) is 0 Å². The number of benzene rings is 1. The van der Waals surface area contributed by atoms with E-state index in [-0.39, 0.29) is 22.9 Å². The van der Waals surface area contributed by atoms with E-state index in [0.29, 0.717) is 6.42 Å². The second-order valence-electron chi connectivity index (χ2n) is 5.12. The van der Waals surface area contributed by atoms with Crippen LogP contribution in [0.2, 0.25) is 0 Å². The number of rotatable bonds is 3. The summed E-state index contributed by atoms with van der Waals surface area (Å²) in [5.74, 6) is 0.0834. The molecule has 0 amide bonds. The lowest BCUT2D eigenvalue weighted by molar-refractivity contribution is -0.120. The summed E-state index contributed by atoms with van der Waals surface area (Å²) in [6.07, 6.45) is 1.28. The SMILES string of the molecule is CC1(C)CC1C(=O)Cc1cc(F)ccc1Br. The minimum atomic E-state index is -0.291. The maximum absolute atomic E-state index is 13.0. The van der Waals surface area contributed by atoms with E-state index in [9.17, 15) is 9.18 Å². The molecule has 0 N–H and O–H groups in total. The normalized spacial score (nSPS) is 21.9. The van der Waals surface area contributed by atoms with Crippen molar-refractivity contribution in [3.8, 4) is 0 Å². The van der Waals surface area contributed by atoms with Gasteiger partial charge in [0.2, 0.25) is 0 Å². The molecular weight excluding hydrogens is 271 g/mol. The number of carbonyl (C=O) groups is 1. The topological polar surface area (TPSA) is 17.1 Å². The van der Waals surface area contributed by atoms with E-state index in [2.05, 4.69) is 29.8 Å². The third-order valence-corrected chi connectivity index (χ3v) is 4.05. The highest BCUT2D eigenvalue weighted by atomic mass is 79.9. The molecule has 0 bridgehead atoms. The fraction of sp³-hybridized carbons (Fsp3) is 0.462. The summed E-state index contributed by atoms with van der Waals surface area (Å²) in [6, 6.07) is 4.46. The van der Waals surface area contributed by atoms with Crippen LogP contribution in [0.3, 0.4) is 0 Å². The highest BCUT2D eigenvalue weighted by Crippen LogP contribution is 2.52. The standard InChI is InChI=1S/C13H14BrFO/c1-13(2)7-10(13)12(16)6-8-5-9(15)3-4-11(8)14/h3-5,10H,6-7H2,1-2H3. The Kier molecular flexibility index (Phi) is 2.91. The van der Waals surface area contributed by atoms with Gasteiger partial charge in [-0.3, -0.25) is 4.79 Å². The van der Waals surface area contributed by atoms with Crippen molar-refractivity contribution in [1.82, 2.24) is 0 Å². The molecule has 1 fully saturated rings. The summed E-state index contributed by atoms with van der Waals surface area (Å²) in [7, 11) is 0. The average molecular weight is 285 g/mol. The monoisotopic (exact) mass is 284 g/mol. The van der Waals surface area contributed by atoms with Gasteiger partial charge in [0.15, 0.2) is 0 Å². The van der Waals surface area contributed by atoms with Crippen molar-refractivity contribution in [3.05, 3.63) is 34.1 Å². The van der Waals surface area contributed by atoms with Gasteiger partial charge in [0.1, 0.15) is 11.6 Å². The molecule has 1 unspecified atom stereocenters. The first-order valence-corrected chi connectivity index (χ1v) is 6.16. The van der Waals surface area contributed by atoms with Gasteiger partial charge in [0, 0.05) is 16.8 Å². The van der Waals surface area contributed by atoms with Gasteiger partial charge in [-0.2, -0.15) is 0 Å². The second kappa shape index (κ2) is 3.95. The van der Waals surface area contributed by atoms with E-state index in [1.807, 2.05) is 0 Å². The molecule has 1 aromatic carbocycles. The lowest BCUT2D eigenvalue weighted by Gasteiger charge is -2.05. The Balaban J connectivity index is 2.10. The van der Waals surface area contributed by atoms with Crippen LogP contribution >= 0.6 is 15.9 Å². The Bertz CT molecular complexity index is 440. The van der Waals surface area contributed by atoms with E-state index in [1.54, 1.807) is 6.07 Å². The third-order valence-electron chi connectivity index (χ3n) is 3.27. The summed E-state index contributed by atoms with van der Waals surface area (Å²) in [5, 5.41) is 0. The molecule has 1 nitrogen and oxygen atoms in total. The van der Waals surface area contributed by atoms with Crippen LogP contribution in [0.25, 0.3) is 0 Å². The fourth-order valence-electron chi connectivity index (χ4n) is 2.01. The molecule has 16 heavy (non-hydrogen) atoms. The minimum Gasteiger partial charge on any atom is -0.299 e. The summed E-state index contributed by atoms with van der Waals surface area (Å²) >= 11 is 3.34. The van der Waals surface area contributed by atoms with Crippen molar-refractivity contribution in [2.24, 2.45) is 11.3 Å². The highest BCUT2D eigenvalue weighted by Gasteiger charge is 2.49. The second-order valence-corrected chi connectivity index (χ2v) is 5.98. The van der Waals surface area contributed by atoms with Crippen LogP contribution < -0.4 is 0 Å². The van der Waals surface area contributed by atoms with Crippen LogP contribution in [0, 0.1) is 17.2 Å². The molecule has 0 aromatic heterocycles. The fourth-order valence-corrected chi connectivity index (χ4v) is 2.39. The lowest BCUT2D eigenvalue weighted by atomic mass is 10.0. The van der Waals surface area contributed by atoms with Gasteiger partial charge in [0.05, 0.1) is 0 Å². The predicted molar refractivity (Wildman–Crippen MR) is 64.7 cm³/mol. The van der Waals surface area contributed by atoms with Crippen LogP contribution in [-0.2, 0) is 11.2 Å². The molecule has 0 saturated heterocycles. The van der Waals surface area contributed by atoms with Crippen molar-refractivity contribution in [3.63, 3.8) is 0 Å². The number of hydrogen-bond acceptors (Lipinski definition) is 1. The Morgan fingerprint density at radius 1 is 1.56 bits per heavy atom. The Morgan fingerprint density at radius 2 is 2.19 bits per heavy atom. The molecule has 1 aliphatic rings. The predicted octanol–water partition coefficient (Wildman–Crippen LogP) is 3.75. The molecule has 1 atom stereocenters. The van der Waals surface area contributed by atoms with Gasteiger partial charge >= 0.3 is 0 Å². The van der Waals surface area contributed by atoms with Gasteiger partial charge in [-0.1, -0.05) is 29.8 Å². The number of ketones is 1. The Labute approximate surface area is 103 Å². The molecule has 1 saturated carbocycles. The molecule has 3 heteroatoms. The van der Waals surface area contributed by atoms with Crippen LogP contribution in [0.5, 0.6) is 0 Å². The number of hydrogen-bond donors (Lipinski definition) is 0. The molecule has 0 aliphatic heterocycles. The van der Waals surface area contributed by atoms with Crippen molar-refractivity contribution in [2.75, 3.05) is 0 Å². The van der Waals surface area contributed by atoms with Crippen molar-refractivity contribution in [1.29, 1.82) is 0 Å². The Hall–Kier alpha value is -0.700. The quantitative estimate of drug-likeness (QED) is 0.826. The average Bonchev–Trinajstić information content (AvgIpc) is 2.82. The summed E-state index contributed by atoms with van der Waals surface area (Å²) in [6.45, 7) is 4.19. The summed E-state index contributed by atoms with van der Waals surface area (Å²) < 4.78 is 13.8. The molecular formula is C13H14BrFO. The molecule has 86 valence electrons. The van der Waals surface area contributed by atoms with E-state index in [1.165, 1.54) is 12.1 Å². The van der Waals surface area contributed by atoms with Gasteiger partial charge in [-0.05, 0) is 35.6 Å². The van der Waals surface area contributed by atoms with Crippen molar-refractivity contribution >= 4 is 21.7 Å². The number of Topliss-reactive ketones (excluding diaryl/α,β-unsaturated/α-hetero) is 1. The zero-order valence-corrected chi connectivity index (χ0v) is 11.0. The van der Waals surface area contributed by atoms with E-state index in [0.717, 1.165) is 16.5 Å². The lowest BCUT2D eigenvalue weighted by Crippen LogP contribution is -2.09. The van der Waals surface area contributed by atoms with Gasteiger partial charge < -0.3 is 0 Å². The maximum atomic E-state index is 13.0. The minimum absolute atomic E-state index is 0.150. The first-order valence-electron chi connectivity index (χ1n) is 5.37. The zero-order valence-electron chi connectivity index (χ0n) is 9.39. The van der Waals surface area contributed by atoms with E-state index >= 15 is 0 Å². The molecule has 0 radical (unpaired) electrons. The smallest absolute Gasteiger partial charge is 0.140 e. The molecule has 2 rings (SSSR count). The summed E-state index contributed by atoms with van der Waals surface area (Å²) in [5.41, 5.74) is 0.893. The highest BCUT2D eigenvalue weighted by molar-refractivity contribution is 9.10. The Morgan fingerprint density at radius 3 is 2.75 bits per heavy atom. The largest absolute Gasteiger partial charge is 0.299 e. The van der Waals surface area contributed by atoms with Crippen LogP contribution in [0.1, 0.15) is 25.8 Å². The molecule has 0 spiro atoms. The third kappa shape index (κ3) is 2.34. The van der Waals surface area contributed by atoms with Crippen molar-refractivity contribution < 1.29 is 9.18 Å². The van der Waals surface area contributed by atoms with Gasteiger partial charge in [-0.15, -0.1) is 0 Å². The van der Waals surface area contributed by atoms with Gasteiger partial charge in [-0.25, -0.2) is 4.39 Å². The number of halogens is 2. The van der Waals surface area contributed by atoms with E-state index in [4.69, 9.17) is 0 Å². The molecule has 1 aromatic rings. The number of carbonyl (C=O) groups excluding carboxylic acids is 1. The summed E-state index contributed by atoms with van der Waals surface area (Å²) in [4.78, 5) is 11.9.